The van der Waals surface area contributed by atoms with Crippen molar-refractivity contribution in [3.63, 3.8) is 0 Å². The highest BCUT2D eigenvalue weighted by molar-refractivity contribution is 4.84. The lowest BCUT2D eigenvalue weighted by Gasteiger charge is -2.39. The van der Waals surface area contributed by atoms with Crippen molar-refractivity contribution in [3.05, 3.63) is 0 Å². The van der Waals surface area contributed by atoms with Gasteiger partial charge in [0.05, 0.1) is 6.61 Å². The van der Waals surface area contributed by atoms with Gasteiger partial charge in [0.25, 0.3) is 0 Å². The predicted octanol–water partition coefficient (Wildman–Crippen LogP) is 2.51. The minimum atomic E-state index is 0.751. The molecule has 2 fully saturated rings. The van der Waals surface area contributed by atoms with Crippen molar-refractivity contribution in [2.45, 2.75) is 51.5 Å². The van der Waals surface area contributed by atoms with Crippen molar-refractivity contribution >= 4 is 0 Å². The first-order chi connectivity index (χ1) is 9.33. The molecule has 0 bridgehead atoms. The van der Waals surface area contributed by atoms with Gasteiger partial charge in [-0.1, -0.05) is 12.8 Å². The van der Waals surface area contributed by atoms with Crippen molar-refractivity contribution in [2.24, 2.45) is 11.8 Å². The number of hydrogen-bond donors (Lipinski definition) is 1. The van der Waals surface area contributed by atoms with Crippen molar-refractivity contribution in [1.82, 2.24) is 10.2 Å². The van der Waals surface area contributed by atoms with E-state index < -0.39 is 0 Å². The monoisotopic (exact) mass is 268 g/mol. The lowest BCUT2D eigenvalue weighted by Crippen LogP contribution is -2.46. The minimum absolute atomic E-state index is 0.751. The van der Waals surface area contributed by atoms with Crippen molar-refractivity contribution < 1.29 is 4.74 Å². The van der Waals surface area contributed by atoms with Gasteiger partial charge in [0, 0.05) is 25.7 Å². The van der Waals surface area contributed by atoms with Gasteiger partial charge >= 0.3 is 0 Å². The molecular weight excluding hydrogens is 236 g/mol. The molecule has 1 aliphatic heterocycles. The van der Waals surface area contributed by atoms with Gasteiger partial charge in [0.1, 0.15) is 0 Å². The van der Waals surface area contributed by atoms with Crippen LogP contribution >= 0.6 is 0 Å². The van der Waals surface area contributed by atoms with Crippen LogP contribution in [0, 0.1) is 11.8 Å². The van der Waals surface area contributed by atoms with Crippen molar-refractivity contribution in [1.29, 1.82) is 0 Å². The molecule has 0 aromatic heterocycles. The van der Waals surface area contributed by atoms with Gasteiger partial charge in [-0.3, -0.25) is 0 Å². The summed E-state index contributed by atoms with van der Waals surface area (Å²) in [7, 11) is 2.14. The van der Waals surface area contributed by atoms with E-state index in [0.29, 0.717) is 0 Å². The van der Waals surface area contributed by atoms with E-state index in [1.165, 1.54) is 58.2 Å². The third-order valence-corrected chi connectivity index (χ3v) is 4.93. The fourth-order valence-electron chi connectivity index (χ4n) is 3.88. The molecule has 0 unspecified atom stereocenters. The van der Waals surface area contributed by atoms with Gasteiger partial charge in [-0.25, -0.2) is 0 Å². The second kappa shape index (κ2) is 8.23. The first kappa shape index (κ1) is 15.3. The number of likely N-dealkylation sites (tertiary alicyclic amines) is 1. The summed E-state index contributed by atoms with van der Waals surface area (Å²) in [6.45, 7) is 7.78. The van der Waals surface area contributed by atoms with Gasteiger partial charge in [0.2, 0.25) is 0 Å². The highest BCUT2D eigenvalue weighted by Gasteiger charge is 2.28. The van der Waals surface area contributed by atoms with Crippen LogP contribution in [0.5, 0.6) is 0 Å². The molecule has 0 aromatic carbocycles. The highest BCUT2D eigenvalue weighted by Crippen LogP contribution is 2.27. The van der Waals surface area contributed by atoms with Crippen LogP contribution in [-0.2, 0) is 4.74 Å². The zero-order chi connectivity index (χ0) is 13.5. The number of hydrogen-bond acceptors (Lipinski definition) is 3. The number of nitrogens with zero attached hydrogens (tertiary/aromatic N) is 1. The summed E-state index contributed by atoms with van der Waals surface area (Å²) < 4.78 is 5.61. The van der Waals surface area contributed by atoms with Crippen LogP contribution in [0.15, 0.2) is 0 Å². The number of piperidine rings is 1. The van der Waals surface area contributed by atoms with Crippen LogP contribution in [0.4, 0.5) is 0 Å². The SMILES string of the molecule is CCOC[C@@H]1CCCN(C[C@H]2CCCC[C@@H]2NC)C1. The Morgan fingerprint density at radius 2 is 2.00 bits per heavy atom. The summed E-state index contributed by atoms with van der Waals surface area (Å²) in [6.07, 6.45) is 8.34. The lowest BCUT2D eigenvalue weighted by atomic mass is 9.83. The Balaban J connectivity index is 1.77. The molecule has 1 saturated carbocycles. The van der Waals surface area contributed by atoms with E-state index in [0.717, 1.165) is 31.1 Å². The summed E-state index contributed by atoms with van der Waals surface area (Å²) in [4.78, 5) is 2.70. The smallest absolute Gasteiger partial charge is 0.0506 e. The molecule has 2 aliphatic rings. The molecule has 0 aromatic rings. The number of rotatable bonds is 6. The second-order valence-corrected chi connectivity index (χ2v) is 6.37. The Kier molecular flexibility index (Phi) is 6.62. The van der Waals surface area contributed by atoms with Gasteiger partial charge in [-0.15, -0.1) is 0 Å². The van der Waals surface area contributed by atoms with Crippen LogP contribution in [-0.4, -0.2) is 50.8 Å². The molecule has 3 atom stereocenters. The molecule has 1 heterocycles. The Hall–Kier alpha value is -0.120. The molecule has 0 amide bonds. The number of ether oxygens (including phenoxy) is 1. The topological polar surface area (TPSA) is 24.5 Å². The van der Waals surface area contributed by atoms with E-state index in [-0.39, 0.29) is 0 Å². The first-order valence-corrected chi connectivity index (χ1v) is 8.30. The van der Waals surface area contributed by atoms with Gasteiger partial charge < -0.3 is 15.0 Å². The summed E-state index contributed by atoms with van der Waals surface area (Å²) >= 11 is 0. The average molecular weight is 268 g/mol. The van der Waals surface area contributed by atoms with Crippen LogP contribution in [0.2, 0.25) is 0 Å². The zero-order valence-corrected chi connectivity index (χ0v) is 12.9. The maximum atomic E-state index is 5.61. The molecular formula is C16H32N2O. The Labute approximate surface area is 119 Å². The molecule has 1 N–H and O–H groups in total. The van der Waals surface area contributed by atoms with E-state index in [1.807, 2.05) is 0 Å². The third-order valence-electron chi connectivity index (χ3n) is 4.93. The average Bonchev–Trinajstić information content (AvgIpc) is 2.46. The normalized spacial score (nSPS) is 33.5. The first-order valence-electron chi connectivity index (χ1n) is 8.30. The van der Waals surface area contributed by atoms with E-state index >= 15 is 0 Å². The Morgan fingerprint density at radius 3 is 2.79 bits per heavy atom. The Morgan fingerprint density at radius 1 is 1.16 bits per heavy atom. The van der Waals surface area contributed by atoms with Gasteiger partial charge in [-0.2, -0.15) is 0 Å². The highest BCUT2D eigenvalue weighted by atomic mass is 16.5. The summed E-state index contributed by atoms with van der Waals surface area (Å²) in [5, 5.41) is 3.54. The van der Waals surface area contributed by atoms with Crippen LogP contribution in [0.3, 0.4) is 0 Å². The number of nitrogens with one attached hydrogen (secondary N) is 1. The van der Waals surface area contributed by atoms with Crippen molar-refractivity contribution in [3.8, 4) is 0 Å². The molecule has 0 radical (unpaired) electrons. The molecule has 3 nitrogen and oxygen atoms in total. The fourth-order valence-corrected chi connectivity index (χ4v) is 3.88. The quantitative estimate of drug-likeness (QED) is 0.801. The molecule has 1 aliphatic carbocycles. The van der Waals surface area contributed by atoms with E-state index in [4.69, 9.17) is 4.74 Å². The standard InChI is InChI=1S/C16H32N2O/c1-3-19-13-14-7-6-10-18(11-14)12-15-8-4-5-9-16(15)17-2/h14-17H,3-13H2,1-2H3/t14-,15-,16+/m1/s1. The molecule has 0 spiro atoms. The maximum Gasteiger partial charge on any atom is 0.0506 e. The third kappa shape index (κ3) is 4.73. The summed E-state index contributed by atoms with van der Waals surface area (Å²) in [5.41, 5.74) is 0. The van der Waals surface area contributed by atoms with Gasteiger partial charge in [0.15, 0.2) is 0 Å². The summed E-state index contributed by atoms with van der Waals surface area (Å²) in [5.74, 6) is 1.63. The molecule has 1 saturated heterocycles. The largest absolute Gasteiger partial charge is 0.381 e. The minimum Gasteiger partial charge on any atom is -0.381 e. The molecule has 112 valence electrons. The van der Waals surface area contributed by atoms with Crippen LogP contribution in [0.25, 0.3) is 0 Å². The zero-order valence-electron chi connectivity index (χ0n) is 12.9. The van der Waals surface area contributed by atoms with Crippen LogP contribution < -0.4 is 5.32 Å². The lowest BCUT2D eigenvalue weighted by molar-refractivity contribution is 0.0560. The van der Waals surface area contributed by atoms with E-state index in [1.54, 1.807) is 0 Å². The molecule has 19 heavy (non-hydrogen) atoms. The van der Waals surface area contributed by atoms with E-state index in [2.05, 4.69) is 24.2 Å². The second-order valence-electron chi connectivity index (χ2n) is 6.37. The molecule has 3 heteroatoms. The van der Waals surface area contributed by atoms with Crippen LogP contribution in [0.1, 0.15) is 45.4 Å². The summed E-state index contributed by atoms with van der Waals surface area (Å²) in [6, 6.07) is 0.751. The molecule has 2 rings (SSSR count). The maximum absolute atomic E-state index is 5.61. The van der Waals surface area contributed by atoms with Gasteiger partial charge in [-0.05, 0) is 58.0 Å². The van der Waals surface area contributed by atoms with E-state index in [9.17, 15) is 0 Å². The fraction of sp³-hybridized carbons (Fsp3) is 1.00. The van der Waals surface area contributed by atoms with Crippen molar-refractivity contribution in [2.75, 3.05) is 39.9 Å². The predicted molar refractivity (Wildman–Crippen MR) is 80.5 cm³/mol. The Bertz CT molecular complexity index is 247.